The lowest BCUT2D eigenvalue weighted by molar-refractivity contribution is 0.102. The van der Waals surface area contributed by atoms with Gasteiger partial charge in [-0.15, -0.1) is 5.10 Å². The Labute approximate surface area is 180 Å². The fourth-order valence-corrected chi connectivity index (χ4v) is 3.27. The molecule has 0 atom stereocenters. The van der Waals surface area contributed by atoms with E-state index in [0.29, 0.717) is 23.0 Å². The minimum Gasteiger partial charge on any atom is -0.441 e. The van der Waals surface area contributed by atoms with Gasteiger partial charge in [0.05, 0.1) is 6.54 Å². The number of nitrogens with zero attached hydrogens (tertiary/aromatic N) is 4. The van der Waals surface area contributed by atoms with Crippen molar-refractivity contribution >= 4 is 17.4 Å². The number of carbonyl (C=O) groups excluding carboxylic acids is 1. The number of hydrogen-bond donors (Lipinski definition) is 2. The lowest BCUT2D eigenvalue weighted by atomic mass is 10.1. The van der Waals surface area contributed by atoms with E-state index in [9.17, 15) is 4.79 Å². The Morgan fingerprint density at radius 2 is 1.77 bits per heavy atom. The fourth-order valence-electron chi connectivity index (χ4n) is 3.27. The van der Waals surface area contributed by atoms with E-state index in [1.807, 2.05) is 70.2 Å². The van der Waals surface area contributed by atoms with E-state index in [1.54, 1.807) is 0 Å². The molecule has 0 saturated carbocycles. The van der Waals surface area contributed by atoms with Crippen LogP contribution in [0.25, 0.3) is 11.5 Å². The van der Waals surface area contributed by atoms with Crippen LogP contribution in [0.1, 0.15) is 38.6 Å². The number of anilines is 2. The van der Waals surface area contributed by atoms with Crippen molar-refractivity contribution in [2.45, 2.75) is 34.2 Å². The van der Waals surface area contributed by atoms with Gasteiger partial charge >= 0.3 is 0 Å². The third-order valence-electron chi connectivity index (χ3n) is 5.11. The van der Waals surface area contributed by atoms with E-state index >= 15 is 0 Å². The number of amides is 1. The fraction of sp³-hybridized carbons (Fsp3) is 0.217. The zero-order valence-corrected chi connectivity index (χ0v) is 17.9. The maximum absolute atomic E-state index is 12.7. The van der Waals surface area contributed by atoms with Crippen LogP contribution >= 0.6 is 0 Å². The zero-order chi connectivity index (χ0) is 22.1. The predicted molar refractivity (Wildman–Crippen MR) is 119 cm³/mol. The number of benzene rings is 2. The molecule has 1 amide bonds. The lowest BCUT2D eigenvalue weighted by Crippen LogP contribution is -2.16. The molecule has 0 fully saturated rings. The first-order valence-corrected chi connectivity index (χ1v) is 9.92. The monoisotopic (exact) mass is 416 g/mol. The minimum absolute atomic E-state index is 0.0693. The van der Waals surface area contributed by atoms with Gasteiger partial charge in [0.25, 0.3) is 5.91 Å². The molecule has 0 radical (unpaired) electrons. The van der Waals surface area contributed by atoms with E-state index in [-0.39, 0.29) is 18.1 Å². The summed E-state index contributed by atoms with van der Waals surface area (Å²) in [7, 11) is 0. The number of oxazole rings is 1. The first-order valence-electron chi connectivity index (χ1n) is 9.92. The van der Waals surface area contributed by atoms with Crippen molar-refractivity contribution in [1.29, 1.82) is 0 Å². The second kappa shape index (κ2) is 8.06. The summed E-state index contributed by atoms with van der Waals surface area (Å²) in [6.07, 6.45) is 0. The standard InChI is InChI=1S/C23H24N6O2/c1-13-5-8-17(9-6-13)23-26-19(16(4)31-23)12-29-21(24)20(27-28-29)22(30)25-18-10-7-14(2)11-15(18)3/h5-11H,12,24H2,1-4H3,(H,25,30). The van der Waals surface area contributed by atoms with Gasteiger partial charge in [0.1, 0.15) is 11.5 Å². The van der Waals surface area contributed by atoms with Gasteiger partial charge in [0, 0.05) is 11.3 Å². The molecule has 0 aliphatic heterocycles. The Morgan fingerprint density at radius 3 is 2.48 bits per heavy atom. The number of nitrogens with two attached hydrogens (primary N) is 1. The van der Waals surface area contributed by atoms with Crippen LogP contribution in [0.3, 0.4) is 0 Å². The number of hydrogen-bond acceptors (Lipinski definition) is 6. The van der Waals surface area contributed by atoms with Gasteiger partial charge in [-0.25, -0.2) is 9.67 Å². The normalized spacial score (nSPS) is 11.0. The van der Waals surface area contributed by atoms with Crippen LogP contribution in [-0.4, -0.2) is 25.9 Å². The third-order valence-corrected chi connectivity index (χ3v) is 5.11. The maximum Gasteiger partial charge on any atom is 0.280 e. The molecule has 0 bridgehead atoms. The van der Waals surface area contributed by atoms with Crippen molar-refractivity contribution in [2.24, 2.45) is 0 Å². The average molecular weight is 416 g/mol. The third kappa shape index (κ3) is 4.18. The van der Waals surface area contributed by atoms with Gasteiger partial charge < -0.3 is 15.5 Å². The first-order chi connectivity index (χ1) is 14.8. The molecule has 0 spiro atoms. The molecule has 0 aliphatic carbocycles. The summed E-state index contributed by atoms with van der Waals surface area (Å²) < 4.78 is 7.26. The lowest BCUT2D eigenvalue weighted by Gasteiger charge is -2.08. The van der Waals surface area contributed by atoms with Gasteiger partial charge in [-0.1, -0.05) is 40.6 Å². The summed E-state index contributed by atoms with van der Waals surface area (Å²) in [6, 6.07) is 13.7. The molecular weight excluding hydrogens is 392 g/mol. The van der Waals surface area contributed by atoms with E-state index in [4.69, 9.17) is 10.2 Å². The van der Waals surface area contributed by atoms with Crippen LogP contribution in [0.15, 0.2) is 46.9 Å². The first kappa shape index (κ1) is 20.3. The number of aryl methyl sites for hydroxylation is 4. The second-order valence-corrected chi connectivity index (χ2v) is 7.64. The van der Waals surface area contributed by atoms with Gasteiger partial charge in [0.2, 0.25) is 5.89 Å². The smallest absolute Gasteiger partial charge is 0.280 e. The van der Waals surface area contributed by atoms with Crippen molar-refractivity contribution in [3.63, 3.8) is 0 Å². The molecule has 0 saturated heterocycles. The average Bonchev–Trinajstić information content (AvgIpc) is 3.28. The van der Waals surface area contributed by atoms with E-state index in [0.717, 1.165) is 22.3 Å². The van der Waals surface area contributed by atoms with Crippen LogP contribution in [0.4, 0.5) is 11.5 Å². The molecule has 8 heteroatoms. The van der Waals surface area contributed by atoms with Crippen LogP contribution in [0.2, 0.25) is 0 Å². The van der Waals surface area contributed by atoms with E-state index < -0.39 is 5.91 Å². The number of nitrogen functional groups attached to an aromatic ring is 1. The topological polar surface area (TPSA) is 112 Å². The summed E-state index contributed by atoms with van der Waals surface area (Å²) in [5.41, 5.74) is 11.8. The highest BCUT2D eigenvalue weighted by molar-refractivity contribution is 6.06. The Kier molecular flexibility index (Phi) is 5.29. The molecule has 4 rings (SSSR count). The van der Waals surface area contributed by atoms with Crippen molar-refractivity contribution < 1.29 is 9.21 Å². The number of aromatic nitrogens is 4. The molecule has 3 N–H and O–H groups in total. The quantitative estimate of drug-likeness (QED) is 0.508. The molecule has 8 nitrogen and oxygen atoms in total. The molecule has 2 aromatic carbocycles. The summed E-state index contributed by atoms with van der Waals surface area (Å²) in [5.74, 6) is 0.945. The van der Waals surface area contributed by atoms with Crippen molar-refractivity contribution in [1.82, 2.24) is 20.0 Å². The van der Waals surface area contributed by atoms with Gasteiger partial charge in [-0.3, -0.25) is 4.79 Å². The molecule has 0 aliphatic rings. The van der Waals surface area contributed by atoms with Gasteiger partial charge in [0.15, 0.2) is 11.5 Å². The maximum atomic E-state index is 12.7. The van der Waals surface area contributed by atoms with E-state index in [1.165, 1.54) is 4.68 Å². The van der Waals surface area contributed by atoms with Gasteiger partial charge in [-0.05, 0) is 51.5 Å². The summed E-state index contributed by atoms with van der Waals surface area (Å²) >= 11 is 0. The predicted octanol–water partition coefficient (Wildman–Crippen LogP) is 4.05. The van der Waals surface area contributed by atoms with Crippen LogP contribution in [0, 0.1) is 27.7 Å². The van der Waals surface area contributed by atoms with Gasteiger partial charge in [-0.2, -0.15) is 0 Å². The number of carbonyl (C=O) groups is 1. The highest BCUT2D eigenvalue weighted by Gasteiger charge is 2.20. The minimum atomic E-state index is -0.409. The largest absolute Gasteiger partial charge is 0.441 e. The summed E-state index contributed by atoms with van der Waals surface area (Å²) in [5, 5.41) is 10.9. The van der Waals surface area contributed by atoms with Crippen LogP contribution < -0.4 is 11.1 Å². The van der Waals surface area contributed by atoms with Crippen LogP contribution in [0.5, 0.6) is 0 Å². The highest BCUT2D eigenvalue weighted by Crippen LogP contribution is 2.24. The summed E-state index contributed by atoms with van der Waals surface area (Å²) in [6.45, 7) is 8.04. The van der Waals surface area contributed by atoms with E-state index in [2.05, 4.69) is 20.6 Å². The number of nitrogens with one attached hydrogen (secondary N) is 1. The Morgan fingerprint density at radius 1 is 1.06 bits per heavy atom. The Hall–Kier alpha value is -3.94. The molecule has 158 valence electrons. The molecule has 2 aromatic heterocycles. The SMILES string of the molecule is Cc1ccc(-c2nc(Cn3nnc(C(=O)Nc4ccc(C)cc4C)c3N)c(C)o2)cc1. The van der Waals surface area contributed by atoms with Crippen molar-refractivity contribution in [3.8, 4) is 11.5 Å². The zero-order valence-electron chi connectivity index (χ0n) is 17.9. The molecule has 0 unspecified atom stereocenters. The molecule has 2 heterocycles. The second-order valence-electron chi connectivity index (χ2n) is 7.64. The number of rotatable bonds is 5. The molecule has 4 aromatic rings. The van der Waals surface area contributed by atoms with Crippen molar-refractivity contribution in [3.05, 3.63) is 76.3 Å². The molecular formula is C23H24N6O2. The Balaban J connectivity index is 1.53. The Bertz CT molecular complexity index is 1250. The molecule has 31 heavy (non-hydrogen) atoms. The van der Waals surface area contributed by atoms with Crippen LogP contribution in [-0.2, 0) is 6.54 Å². The summed E-state index contributed by atoms with van der Waals surface area (Å²) in [4.78, 5) is 17.3. The highest BCUT2D eigenvalue weighted by atomic mass is 16.4. The van der Waals surface area contributed by atoms with Crippen molar-refractivity contribution in [2.75, 3.05) is 11.1 Å².